The number of rotatable bonds is 8. The first-order valence-electron chi connectivity index (χ1n) is 12.1. The highest BCUT2D eigenvalue weighted by molar-refractivity contribution is 8.00. The Morgan fingerprint density at radius 3 is 2.40 bits per heavy atom. The normalized spacial score (nSPS) is 16.3. The summed E-state index contributed by atoms with van der Waals surface area (Å²) in [6.45, 7) is 6.89. The minimum atomic E-state index is -0.449. The number of thioether (sulfide) groups is 1. The summed E-state index contributed by atoms with van der Waals surface area (Å²) < 4.78 is 5.15. The van der Waals surface area contributed by atoms with Gasteiger partial charge < -0.3 is 10.1 Å². The van der Waals surface area contributed by atoms with Crippen LogP contribution >= 0.6 is 23.1 Å². The third-order valence-corrected chi connectivity index (χ3v) is 9.68. The first kappa shape index (κ1) is 25.5. The quantitative estimate of drug-likeness (QED) is 0.253. The van der Waals surface area contributed by atoms with E-state index in [1.807, 2.05) is 60.7 Å². The van der Waals surface area contributed by atoms with Gasteiger partial charge in [0.2, 0.25) is 5.91 Å². The number of ether oxygens (including phenoxy) is 1. The van der Waals surface area contributed by atoms with Gasteiger partial charge >= 0.3 is 5.97 Å². The van der Waals surface area contributed by atoms with Gasteiger partial charge in [-0.3, -0.25) is 4.79 Å². The Kier molecular flexibility index (Phi) is 8.02. The number of carbonyl (C=O) groups excluding carboxylic acids is 2. The van der Waals surface area contributed by atoms with Crippen LogP contribution in [-0.2, 0) is 22.4 Å². The van der Waals surface area contributed by atoms with Crippen LogP contribution < -0.4 is 5.32 Å². The second-order valence-electron chi connectivity index (χ2n) is 9.69. The van der Waals surface area contributed by atoms with Crippen LogP contribution in [-0.4, -0.2) is 19.0 Å². The summed E-state index contributed by atoms with van der Waals surface area (Å²) >= 11 is 3.05. The predicted molar refractivity (Wildman–Crippen MR) is 145 cm³/mol. The molecule has 2 unspecified atom stereocenters. The van der Waals surface area contributed by atoms with Crippen LogP contribution in [0.2, 0.25) is 0 Å². The van der Waals surface area contributed by atoms with Gasteiger partial charge in [-0.1, -0.05) is 75.7 Å². The third kappa shape index (κ3) is 5.65. The molecule has 0 spiro atoms. The number of benzene rings is 2. The summed E-state index contributed by atoms with van der Waals surface area (Å²) in [5.41, 5.74) is 2.74. The summed E-state index contributed by atoms with van der Waals surface area (Å²) in [6, 6.07) is 19.7. The summed E-state index contributed by atoms with van der Waals surface area (Å²) in [6.07, 6.45) is 3.92. The van der Waals surface area contributed by atoms with E-state index in [1.54, 1.807) is 11.3 Å². The zero-order valence-corrected chi connectivity index (χ0v) is 22.4. The highest BCUT2D eigenvalue weighted by atomic mass is 32.2. The highest BCUT2D eigenvalue weighted by Gasteiger charge is 2.36. The summed E-state index contributed by atoms with van der Waals surface area (Å²) in [5, 5.41) is 3.29. The zero-order chi connectivity index (χ0) is 25.0. The second kappa shape index (κ2) is 11.0. The van der Waals surface area contributed by atoms with Crippen molar-refractivity contribution in [2.24, 2.45) is 11.3 Å². The molecule has 0 saturated carbocycles. The number of anilines is 1. The van der Waals surface area contributed by atoms with E-state index in [0.29, 0.717) is 16.5 Å². The van der Waals surface area contributed by atoms with Crippen LogP contribution in [0.3, 0.4) is 0 Å². The van der Waals surface area contributed by atoms with Crippen molar-refractivity contribution in [2.45, 2.75) is 56.6 Å². The number of fused-ring (bicyclic) bond motifs is 1. The van der Waals surface area contributed by atoms with Gasteiger partial charge in [-0.15, -0.1) is 23.1 Å². The van der Waals surface area contributed by atoms with Crippen molar-refractivity contribution in [1.82, 2.24) is 0 Å². The molecule has 1 aromatic heterocycles. The average molecular weight is 508 g/mol. The lowest BCUT2D eigenvalue weighted by Crippen LogP contribution is -2.28. The number of esters is 1. The Bertz CT molecular complexity index is 1170. The monoisotopic (exact) mass is 507 g/mol. The molecule has 2 atom stereocenters. The number of amides is 1. The molecule has 35 heavy (non-hydrogen) atoms. The number of methoxy groups -OCH3 is 1. The van der Waals surface area contributed by atoms with E-state index in [1.165, 1.54) is 23.7 Å². The fraction of sp³-hybridized carbons (Fsp3) is 0.379. The average Bonchev–Trinajstić information content (AvgIpc) is 3.24. The molecule has 0 saturated heterocycles. The second-order valence-corrected chi connectivity index (χ2v) is 12.0. The molecule has 2 aromatic carbocycles. The fourth-order valence-electron chi connectivity index (χ4n) is 4.66. The third-order valence-electron chi connectivity index (χ3n) is 7.25. The Labute approximate surface area is 216 Å². The SMILES string of the molecule is CCC(C)(C)C1CCc2c(sc(NC(=O)C(Sc3ccccc3)c3ccccc3)c2C(=O)OC)C1. The standard InChI is InChI=1S/C29H33NO3S2/c1-5-29(2,3)20-16-17-22-23(18-20)35-27(24(22)28(32)33-4)30-26(31)25(19-12-8-6-9-13-19)34-21-14-10-7-11-15-21/h6-15,20,25H,5,16-18H2,1-4H3,(H,30,31). The fourth-order valence-corrected chi connectivity index (χ4v) is 7.03. The van der Waals surface area contributed by atoms with Gasteiger partial charge in [0, 0.05) is 9.77 Å². The van der Waals surface area contributed by atoms with Gasteiger partial charge in [0.05, 0.1) is 12.7 Å². The van der Waals surface area contributed by atoms with Crippen molar-refractivity contribution in [3.05, 3.63) is 82.2 Å². The lowest BCUT2D eigenvalue weighted by Gasteiger charge is -2.36. The van der Waals surface area contributed by atoms with Crippen LogP contribution in [0.1, 0.15) is 65.2 Å². The van der Waals surface area contributed by atoms with Crippen molar-refractivity contribution in [2.75, 3.05) is 12.4 Å². The zero-order valence-electron chi connectivity index (χ0n) is 20.8. The van der Waals surface area contributed by atoms with Crippen molar-refractivity contribution in [1.29, 1.82) is 0 Å². The lowest BCUT2D eigenvalue weighted by atomic mass is 9.69. The number of hydrogen-bond donors (Lipinski definition) is 1. The van der Waals surface area contributed by atoms with Crippen LogP contribution in [0.15, 0.2) is 65.6 Å². The van der Waals surface area contributed by atoms with E-state index >= 15 is 0 Å². The number of carbonyl (C=O) groups is 2. The molecule has 0 bridgehead atoms. The number of hydrogen-bond acceptors (Lipinski definition) is 5. The molecule has 1 N–H and O–H groups in total. The van der Waals surface area contributed by atoms with Crippen molar-refractivity contribution in [3.8, 4) is 0 Å². The maximum Gasteiger partial charge on any atom is 0.341 e. The van der Waals surface area contributed by atoms with Gasteiger partial charge in [-0.25, -0.2) is 4.79 Å². The maximum atomic E-state index is 13.7. The maximum absolute atomic E-state index is 13.7. The van der Waals surface area contributed by atoms with E-state index in [4.69, 9.17) is 4.74 Å². The van der Waals surface area contributed by atoms with Gasteiger partial charge in [0.15, 0.2) is 0 Å². The van der Waals surface area contributed by atoms with E-state index < -0.39 is 5.25 Å². The molecule has 1 heterocycles. The largest absolute Gasteiger partial charge is 0.465 e. The highest BCUT2D eigenvalue weighted by Crippen LogP contribution is 2.46. The summed E-state index contributed by atoms with van der Waals surface area (Å²) in [4.78, 5) is 28.7. The molecular formula is C29H33NO3S2. The van der Waals surface area contributed by atoms with E-state index in [-0.39, 0.29) is 17.3 Å². The van der Waals surface area contributed by atoms with Crippen LogP contribution in [0.4, 0.5) is 5.00 Å². The summed E-state index contributed by atoms with van der Waals surface area (Å²) in [5.74, 6) is 0.0376. The molecular weight excluding hydrogens is 474 g/mol. The molecule has 1 amide bonds. The molecule has 0 radical (unpaired) electrons. The van der Waals surface area contributed by atoms with E-state index in [2.05, 4.69) is 26.1 Å². The molecule has 0 fully saturated rings. The van der Waals surface area contributed by atoms with E-state index in [9.17, 15) is 9.59 Å². The van der Waals surface area contributed by atoms with E-state index in [0.717, 1.165) is 41.7 Å². The Morgan fingerprint density at radius 2 is 1.77 bits per heavy atom. The number of thiophene rings is 1. The topological polar surface area (TPSA) is 55.4 Å². The van der Waals surface area contributed by atoms with Crippen LogP contribution in [0.5, 0.6) is 0 Å². The lowest BCUT2D eigenvalue weighted by molar-refractivity contribution is -0.115. The molecule has 1 aliphatic rings. The molecule has 3 aromatic rings. The summed E-state index contributed by atoms with van der Waals surface area (Å²) in [7, 11) is 1.40. The Morgan fingerprint density at radius 1 is 1.11 bits per heavy atom. The van der Waals surface area contributed by atoms with Crippen LogP contribution in [0, 0.1) is 11.3 Å². The molecule has 4 rings (SSSR count). The molecule has 6 heteroatoms. The minimum absolute atomic E-state index is 0.140. The first-order valence-corrected chi connectivity index (χ1v) is 13.8. The van der Waals surface area contributed by atoms with Gasteiger partial charge in [-0.05, 0) is 53.9 Å². The predicted octanol–water partition coefficient (Wildman–Crippen LogP) is 7.55. The van der Waals surface area contributed by atoms with Gasteiger partial charge in [0.1, 0.15) is 10.3 Å². The first-order chi connectivity index (χ1) is 16.8. The molecule has 1 aliphatic carbocycles. The van der Waals surface area contributed by atoms with Gasteiger partial charge in [-0.2, -0.15) is 0 Å². The van der Waals surface area contributed by atoms with Crippen molar-refractivity contribution < 1.29 is 14.3 Å². The Hall–Kier alpha value is -2.57. The Balaban J connectivity index is 1.66. The molecule has 4 nitrogen and oxygen atoms in total. The minimum Gasteiger partial charge on any atom is -0.465 e. The smallest absolute Gasteiger partial charge is 0.341 e. The molecule has 0 aliphatic heterocycles. The van der Waals surface area contributed by atoms with Crippen molar-refractivity contribution >= 4 is 40.0 Å². The van der Waals surface area contributed by atoms with Gasteiger partial charge in [0.25, 0.3) is 0 Å². The number of nitrogens with one attached hydrogen (secondary N) is 1. The molecule has 184 valence electrons. The van der Waals surface area contributed by atoms with Crippen molar-refractivity contribution in [3.63, 3.8) is 0 Å². The van der Waals surface area contributed by atoms with Crippen LogP contribution in [0.25, 0.3) is 0 Å².